The van der Waals surface area contributed by atoms with Gasteiger partial charge in [0.2, 0.25) is 0 Å². The SMILES string of the molecule is CCCCOCCCC.c1cc2cccc3c4cccc5cccc(c(c1)c23)c54. The van der Waals surface area contributed by atoms with Gasteiger partial charge in [0.05, 0.1) is 0 Å². The van der Waals surface area contributed by atoms with Crippen molar-refractivity contribution >= 4 is 43.1 Å². The van der Waals surface area contributed by atoms with Crippen LogP contribution < -0.4 is 0 Å². The van der Waals surface area contributed by atoms with Gasteiger partial charge in [0.25, 0.3) is 0 Å². The van der Waals surface area contributed by atoms with Gasteiger partial charge in [-0.25, -0.2) is 0 Å². The molecule has 0 unspecified atom stereocenters. The number of unbranched alkanes of at least 4 members (excludes halogenated alkanes) is 2. The molecular formula is C28H30O. The van der Waals surface area contributed by atoms with Crippen LogP contribution in [0.5, 0.6) is 0 Å². The highest BCUT2D eigenvalue weighted by Crippen LogP contribution is 2.39. The Bertz CT molecular complexity index is 1030. The van der Waals surface area contributed by atoms with Crippen molar-refractivity contribution in [3.05, 3.63) is 72.8 Å². The lowest BCUT2D eigenvalue weighted by molar-refractivity contribution is 0.128. The van der Waals surface area contributed by atoms with E-state index in [1.165, 1.54) is 68.8 Å². The summed E-state index contributed by atoms with van der Waals surface area (Å²) in [6.07, 6.45) is 4.91. The van der Waals surface area contributed by atoms with Crippen LogP contribution in [-0.2, 0) is 4.74 Å². The van der Waals surface area contributed by atoms with Crippen LogP contribution in [0, 0.1) is 0 Å². The lowest BCUT2D eigenvalue weighted by Crippen LogP contribution is -1.95. The van der Waals surface area contributed by atoms with Crippen molar-refractivity contribution in [3.8, 4) is 0 Å². The normalized spacial score (nSPS) is 11.4. The Morgan fingerprint density at radius 1 is 0.517 bits per heavy atom. The zero-order chi connectivity index (χ0) is 20.1. The first-order chi connectivity index (χ1) is 14.3. The topological polar surface area (TPSA) is 9.23 Å². The molecule has 0 fully saturated rings. The van der Waals surface area contributed by atoms with Crippen molar-refractivity contribution in [1.82, 2.24) is 0 Å². The molecule has 0 heterocycles. The van der Waals surface area contributed by atoms with Crippen molar-refractivity contribution < 1.29 is 4.74 Å². The maximum atomic E-state index is 5.31. The summed E-state index contributed by atoms with van der Waals surface area (Å²) in [5.41, 5.74) is 0. The fourth-order valence-electron chi connectivity index (χ4n) is 4.17. The molecule has 0 saturated heterocycles. The van der Waals surface area contributed by atoms with Crippen LogP contribution in [-0.4, -0.2) is 13.2 Å². The lowest BCUT2D eigenvalue weighted by atomic mass is 9.90. The molecule has 29 heavy (non-hydrogen) atoms. The van der Waals surface area contributed by atoms with Gasteiger partial charge in [-0.2, -0.15) is 0 Å². The van der Waals surface area contributed by atoms with E-state index in [0.717, 1.165) is 13.2 Å². The number of benzene rings is 5. The summed E-state index contributed by atoms with van der Waals surface area (Å²) in [4.78, 5) is 0. The van der Waals surface area contributed by atoms with E-state index in [0.29, 0.717) is 0 Å². The van der Waals surface area contributed by atoms with Crippen molar-refractivity contribution in [2.24, 2.45) is 0 Å². The maximum Gasteiger partial charge on any atom is 0.0465 e. The highest BCUT2D eigenvalue weighted by atomic mass is 16.5. The van der Waals surface area contributed by atoms with Gasteiger partial charge < -0.3 is 4.74 Å². The second-order valence-corrected chi connectivity index (χ2v) is 7.74. The molecule has 148 valence electrons. The summed E-state index contributed by atoms with van der Waals surface area (Å²) in [7, 11) is 0. The first-order valence-electron chi connectivity index (χ1n) is 11.0. The van der Waals surface area contributed by atoms with E-state index >= 15 is 0 Å². The number of rotatable bonds is 6. The van der Waals surface area contributed by atoms with Crippen LogP contribution in [0.4, 0.5) is 0 Å². The van der Waals surface area contributed by atoms with Gasteiger partial charge in [0.1, 0.15) is 0 Å². The standard InChI is InChI=1S/C20H12.C8H18O/c1-5-13-6-2-11-17-18-12-4-8-14-7-3-10-16(20(14)18)15(9-1)19(13)17;1-3-5-7-9-8-6-4-2/h1-12H;3-8H2,1-2H3. The summed E-state index contributed by atoms with van der Waals surface area (Å²) < 4.78 is 5.31. The summed E-state index contributed by atoms with van der Waals surface area (Å²) in [5.74, 6) is 0. The van der Waals surface area contributed by atoms with Gasteiger partial charge in [-0.3, -0.25) is 0 Å². The Kier molecular flexibility index (Phi) is 6.27. The van der Waals surface area contributed by atoms with Gasteiger partial charge >= 0.3 is 0 Å². The molecule has 0 atom stereocenters. The van der Waals surface area contributed by atoms with Crippen LogP contribution >= 0.6 is 0 Å². The molecular weight excluding hydrogens is 352 g/mol. The summed E-state index contributed by atoms with van der Waals surface area (Å²) >= 11 is 0. The van der Waals surface area contributed by atoms with Crippen molar-refractivity contribution in [2.45, 2.75) is 39.5 Å². The molecule has 0 aromatic heterocycles. The maximum absolute atomic E-state index is 5.31. The third-order valence-electron chi connectivity index (χ3n) is 5.67. The molecule has 0 saturated carbocycles. The van der Waals surface area contributed by atoms with Crippen LogP contribution in [0.25, 0.3) is 43.1 Å². The lowest BCUT2D eigenvalue weighted by Gasteiger charge is -2.13. The van der Waals surface area contributed by atoms with E-state index < -0.39 is 0 Å². The Hall–Kier alpha value is -2.64. The highest BCUT2D eigenvalue weighted by molar-refractivity contribution is 6.32. The molecule has 5 aromatic carbocycles. The molecule has 1 heteroatoms. The van der Waals surface area contributed by atoms with Crippen molar-refractivity contribution in [1.29, 1.82) is 0 Å². The summed E-state index contributed by atoms with van der Waals surface area (Å²) in [6.45, 7) is 6.28. The highest BCUT2D eigenvalue weighted by Gasteiger charge is 2.11. The smallest absolute Gasteiger partial charge is 0.0465 e. The molecule has 0 N–H and O–H groups in total. The van der Waals surface area contributed by atoms with Gasteiger partial charge in [-0.15, -0.1) is 0 Å². The summed E-state index contributed by atoms with van der Waals surface area (Å²) in [6, 6.07) is 26.4. The van der Waals surface area contributed by atoms with Gasteiger partial charge in [0.15, 0.2) is 0 Å². The minimum absolute atomic E-state index is 0.955. The molecule has 0 aliphatic heterocycles. The second kappa shape index (κ2) is 9.24. The molecule has 0 bridgehead atoms. The second-order valence-electron chi connectivity index (χ2n) is 7.74. The minimum atomic E-state index is 0.955. The first-order valence-corrected chi connectivity index (χ1v) is 11.0. The third kappa shape index (κ3) is 3.93. The first kappa shape index (κ1) is 19.7. The van der Waals surface area contributed by atoms with E-state index in [4.69, 9.17) is 4.74 Å². The molecule has 0 spiro atoms. The molecule has 0 amide bonds. The molecule has 0 aliphatic carbocycles. The van der Waals surface area contributed by atoms with E-state index in [2.05, 4.69) is 86.6 Å². The van der Waals surface area contributed by atoms with Gasteiger partial charge in [-0.05, 0) is 55.9 Å². The zero-order valence-corrected chi connectivity index (χ0v) is 17.6. The summed E-state index contributed by atoms with van der Waals surface area (Å²) in [5, 5.41) is 10.9. The minimum Gasteiger partial charge on any atom is -0.381 e. The van der Waals surface area contributed by atoms with Crippen LogP contribution in [0.3, 0.4) is 0 Å². The number of hydrogen-bond acceptors (Lipinski definition) is 1. The Labute approximate surface area is 173 Å². The molecule has 0 radical (unpaired) electrons. The third-order valence-corrected chi connectivity index (χ3v) is 5.67. The van der Waals surface area contributed by atoms with E-state index in [1.54, 1.807) is 0 Å². The molecule has 1 nitrogen and oxygen atoms in total. The average Bonchev–Trinajstić information content (AvgIpc) is 2.77. The van der Waals surface area contributed by atoms with E-state index in [-0.39, 0.29) is 0 Å². The predicted molar refractivity (Wildman–Crippen MR) is 128 cm³/mol. The number of hydrogen-bond donors (Lipinski definition) is 0. The fraction of sp³-hybridized carbons (Fsp3) is 0.286. The Balaban J connectivity index is 0.000000196. The molecule has 0 aliphatic rings. The monoisotopic (exact) mass is 382 g/mol. The largest absolute Gasteiger partial charge is 0.381 e. The molecule has 5 aromatic rings. The Morgan fingerprint density at radius 3 is 1.17 bits per heavy atom. The van der Waals surface area contributed by atoms with Crippen LogP contribution in [0.2, 0.25) is 0 Å². The zero-order valence-electron chi connectivity index (χ0n) is 17.6. The quantitative estimate of drug-likeness (QED) is 0.163. The average molecular weight is 383 g/mol. The van der Waals surface area contributed by atoms with E-state index in [9.17, 15) is 0 Å². The van der Waals surface area contributed by atoms with Crippen LogP contribution in [0.1, 0.15) is 39.5 Å². The number of fused-ring (bicyclic) bond motifs is 2. The van der Waals surface area contributed by atoms with Gasteiger partial charge in [-0.1, -0.05) is 99.5 Å². The fourth-order valence-corrected chi connectivity index (χ4v) is 4.17. The molecule has 5 rings (SSSR count). The van der Waals surface area contributed by atoms with Crippen molar-refractivity contribution in [3.63, 3.8) is 0 Å². The Morgan fingerprint density at radius 2 is 0.862 bits per heavy atom. The predicted octanol–water partition coefficient (Wildman–Crippen LogP) is 8.34. The van der Waals surface area contributed by atoms with Gasteiger partial charge in [0, 0.05) is 13.2 Å². The van der Waals surface area contributed by atoms with E-state index in [1.807, 2.05) is 0 Å². The van der Waals surface area contributed by atoms with Crippen molar-refractivity contribution in [2.75, 3.05) is 13.2 Å². The number of ether oxygens (including phenoxy) is 1. The van der Waals surface area contributed by atoms with Crippen LogP contribution in [0.15, 0.2) is 72.8 Å².